The molecular formula is C33H51NO9. The molecule has 43 heavy (non-hydrogen) atoms. The van der Waals surface area contributed by atoms with Gasteiger partial charge in [0.25, 0.3) is 0 Å². The molecule has 0 aromatic rings. The average Bonchev–Trinajstić information content (AvgIpc) is 3.35. The van der Waals surface area contributed by atoms with Crippen LogP contribution in [-0.4, -0.2) is 60.4 Å². The lowest BCUT2D eigenvalue weighted by Gasteiger charge is -2.61. The van der Waals surface area contributed by atoms with E-state index in [1.165, 1.54) is 6.42 Å². The van der Waals surface area contributed by atoms with Crippen molar-refractivity contribution in [2.75, 3.05) is 7.11 Å². The molecule has 8 saturated heterocycles. The minimum atomic E-state index is -0.820. The summed E-state index contributed by atoms with van der Waals surface area (Å²) in [5.41, 5.74) is -0.348. The second kappa shape index (κ2) is 10.1. The summed E-state index contributed by atoms with van der Waals surface area (Å²) in [6, 6.07) is 0. The van der Waals surface area contributed by atoms with Gasteiger partial charge in [-0.15, -0.1) is 0 Å². The number of hydrogen-bond donors (Lipinski definition) is 0. The molecule has 242 valence electrons. The van der Waals surface area contributed by atoms with Crippen LogP contribution in [0.5, 0.6) is 0 Å². The molecule has 4 bridgehead atoms. The van der Waals surface area contributed by atoms with Crippen molar-refractivity contribution in [2.24, 2.45) is 52.5 Å². The molecule has 8 heterocycles. The zero-order valence-corrected chi connectivity index (χ0v) is 26.9. The van der Waals surface area contributed by atoms with Gasteiger partial charge in [0.15, 0.2) is 23.8 Å². The van der Waals surface area contributed by atoms with Crippen LogP contribution in [0.1, 0.15) is 99.3 Å². The van der Waals surface area contributed by atoms with Crippen LogP contribution >= 0.6 is 0 Å². The lowest BCUT2D eigenvalue weighted by Crippen LogP contribution is -2.71. The Morgan fingerprint density at radius 1 is 0.674 bits per heavy atom. The number of ether oxygens (including phenoxy) is 4. The summed E-state index contributed by atoms with van der Waals surface area (Å²) in [7, 11) is 1.61. The third-order valence-corrected chi connectivity index (χ3v) is 13.4. The van der Waals surface area contributed by atoms with Gasteiger partial charge in [-0.05, 0) is 87.9 Å². The molecule has 0 aromatic carbocycles. The molecule has 2 unspecified atom stereocenters. The standard InChI is InChI=1S/C33H51NO9/c1-17-8-10-23-19(3)26(36-28-32(23)21(17)12-14-30(5,38-28)40-42-32)16-25(34-35-7)27-20(4)24-11-9-18(2)22-13-15-31(6)39-29(37-27)33(22,24)43-41-31/h17-24,26-29H,8-16H2,1-7H3/b34-25-/t17-,18-,19-,20-,21+,22+,23+,24+,26-,27+,28-,29-,30+,31+,32?,33?/m1/s1. The van der Waals surface area contributed by atoms with Gasteiger partial charge >= 0.3 is 0 Å². The van der Waals surface area contributed by atoms with E-state index in [1.807, 2.05) is 13.8 Å². The molecule has 0 aromatic heterocycles. The number of oxime groups is 1. The van der Waals surface area contributed by atoms with E-state index in [1.54, 1.807) is 7.11 Å². The quantitative estimate of drug-likeness (QED) is 0.221. The zero-order chi connectivity index (χ0) is 29.9. The molecule has 8 aliphatic heterocycles. The van der Waals surface area contributed by atoms with Crippen molar-refractivity contribution in [2.45, 2.75) is 147 Å². The SMILES string of the molecule is CO/N=C(/C[C@H]1O[C@@H]2O[C@]3(C)CC[C@H]4[C@H](C)CC[C@@H]([C@H]1C)C24OO3)[C@H]1O[C@@H]2O[C@]3(C)CC[C@H]4[C@H](C)CC[C@@H]([C@H]1C)C24OO3. The molecule has 10 rings (SSSR count). The van der Waals surface area contributed by atoms with Crippen LogP contribution in [-0.2, 0) is 43.3 Å². The molecule has 10 heteroatoms. The largest absolute Gasteiger partial charge is 0.399 e. The Morgan fingerprint density at radius 2 is 1.21 bits per heavy atom. The molecule has 2 spiro atoms. The first-order chi connectivity index (χ1) is 20.5. The maximum atomic E-state index is 6.97. The van der Waals surface area contributed by atoms with E-state index in [-0.39, 0.29) is 35.9 Å². The van der Waals surface area contributed by atoms with E-state index in [0.29, 0.717) is 30.1 Å². The normalized spacial score (nSPS) is 59.1. The Labute approximate surface area is 255 Å². The van der Waals surface area contributed by atoms with Crippen LogP contribution in [0.4, 0.5) is 0 Å². The number of rotatable bonds is 4. The van der Waals surface area contributed by atoms with Gasteiger partial charge in [0, 0.05) is 31.1 Å². The predicted octanol–water partition coefficient (Wildman–Crippen LogP) is 5.88. The van der Waals surface area contributed by atoms with Gasteiger partial charge in [-0.2, -0.15) is 0 Å². The molecule has 0 radical (unpaired) electrons. The third-order valence-electron chi connectivity index (χ3n) is 13.4. The highest BCUT2D eigenvalue weighted by Crippen LogP contribution is 2.63. The lowest BCUT2D eigenvalue weighted by molar-refractivity contribution is -0.571. The van der Waals surface area contributed by atoms with Crippen molar-refractivity contribution in [3.05, 3.63) is 0 Å². The van der Waals surface area contributed by atoms with Crippen LogP contribution < -0.4 is 0 Å². The summed E-state index contributed by atoms with van der Waals surface area (Å²) in [5, 5.41) is 4.65. The van der Waals surface area contributed by atoms with Crippen LogP contribution in [0.2, 0.25) is 0 Å². The number of hydrogen-bond acceptors (Lipinski definition) is 10. The highest BCUT2D eigenvalue weighted by Gasteiger charge is 2.71. The van der Waals surface area contributed by atoms with Crippen LogP contribution in [0.15, 0.2) is 5.16 Å². The fraction of sp³-hybridized carbons (Fsp3) is 0.970. The number of fused-ring (bicyclic) bond motifs is 4. The molecular weight excluding hydrogens is 554 g/mol. The maximum Gasteiger partial charge on any atom is 0.201 e. The Hall–Kier alpha value is -0.850. The first kappa shape index (κ1) is 29.5. The van der Waals surface area contributed by atoms with Gasteiger partial charge in [0.2, 0.25) is 11.6 Å². The zero-order valence-electron chi connectivity index (χ0n) is 26.9. The molecule has 2 aliphatic carbocycles. The second-order valence-electron chi connectivity index (χ2n) is 15.7. The van der Waals surface area contributed by atoms with E-state index >= 15 is 0 Å². The van der Waals surface area contributed by atoms with Crippen LogP contribution in [0, 0.1) is 47.3 Å². The molecule has 10 nitrogen and oxygen atoms in total. The fourth-order valence-corrected chi connectivity index (χ4v) is 11.0. The van der Waals surface area contributed by atoms with Crippen LogP contribution in [0.25, 0.3) is 0 Å². The molecule has 2 saturated carbocycles. The smallest absolute Gasteiger partial charge is 0.201 e. The van der Waals surface area contributed by atoms with Gasteiger partial charge in [-0.3, -0.25) is 0 Å². The summed E-state index contributed by atoms with van der Waals surface area (Å²) in [6.07, 6.45) is 7.16. The minimum Gasteiger partial charge on any atom is -0.399 e. The van der Waals surface area contributed by atoms with Crippen molar-refractivity contribution in [3.8, 4) is 0 Å². The van der Waals surface area contributed by atoms with E-state index in [4.69, 9.17) is 43.3 Å². The fourth-order valence-electron chi connectivity index (χ4n) is 11.0. The lowest BCUT2D eigenvalue weighted by atomic mass is 9.56. The third kappa shape index (κ3) is 4.09. The molecule has 16 atom stereocenters. The van der Waals surface area contributed by atoms with E-state index in [0.717, 1.165) is 50.7 Å². The van der Waals surface area contributed by atoms with Crippen molar-refractivity contribution < 1.29 is 43.3 Å². The van der Waals surface area contributed by atoms with Gasteiger partial charge in [0.1, 0.15) is 13.2 Å². The molecule has 10 aliphatic rings. The van der Waals surface area contributed by atoms with Crippen molar-refractivity contribution in [1.29, 1.82) is 0 Å². The summed E-state index contributed by atoms with van der Waals surface area (Å²) in [4.78, 5) is 30.3. The van der Waals surface area contributed by atoms with Crippen molar-refractivity contribution >= 4 is 5.71 Å². The highest BCUT2D eigenvalue weighted by molar-refractivity contribution is 5.89. The maximum absolute atomic E-state index is 6.97. The molecule has 10 fully saturated rings. The van der Waals surface area contributed by atoms with Crippen LogP contribution in [0.3, 0.4) is 0 Å². The Bertz CT molecular complexity index is 1140. The van der Waals surface area contributed by atoms with E-state index < -0.39 is 35.4 Å². The first-order valence-corrected chi connectivity index (χ1v) is 17.0. The van der Waals surface area contributed by atoms with Gasteiger partial charge in [-0.1, -0.05) is 32.9 Å². The first-order valence-electron chi connectivity index (χ1n) is 17.0. The summed E-state index contributed by atoms with van der Waals surface area (Å²) in [6.45, 7) is 13.2. The summed E-state index contributed by atoms with van der Waals surface area (Å²) < 4.78 is 27.2. The Kier molecular flexibility index (Phi) is 6.92. The van der Waals surface area contributed by atoms with E-state index in [2.05, 4.69) is 32.9 Å². The minimum absolute atomic E-state index is 0.126. The summed E-state index contributed by atoms with van der Waals surface area (Å²) >= 11 is 0. The van der Waals surface area contributed by atoms with Crippen molar-refractivity contribution in [1.82, 2.24) is 0 Å². The van der Waals surface area contributed by atoms with Crippen molar-refractivity contribution in [3.63, 3.8) is 0 Å². The van der Waals surface area contributed by atoms with Gasteiger partial charge in [0.05, 0.1) is 11.8 Å². The monoisotopic (exact) mass is 605 g/mol. The highest BCUT2D eigenvalue weighted by atomic mass is 17.3. The second-order valence-corrected chi connectivity index (χ2v) is 15.7. The summed E-state index contributed by atoms with van der Waals surface area (Å²) in [5.74, 6) is 0.863. The van der Waals surface area contributed by atoms with E-state index in [9.17, 15) is 0 Å². The predicted molar refractivity (Wildman–Crippen MR) is 153 cm³/mol. The van der Waals surface area contributed by atoms with Gasteiger partial charge < -0.3 is 23.8 Å². The Morgan fingerprint density at radius 3 is 1.77 bits per heavy atom. The van der Waals surface area contributed by atoms with Gasteiger partial charge in [-0.25, -0.2) is 19.6 Å². The average molecular weight is 606 g/mol. The number of nitrogens with zero attached hydrogens (tertiary/aromatic N) is 1. The Balaban J connectivity index is 1.10. The molecule has 0 N–H and O–H groups in total. The topological polar surface area (TPSA) is 95.4 Å². The molecule has 0 amide bonds.